The van der Waals surface area contributed by atoms with Gasteiger partial charge in [-0.15, -0.1) is 0 Å². The third-order valence-corrected chi connectivity index (χ3v) is 2.22. The van der Waals surface area contributed by atoms with E-state index in [2.05, 4.69) is 9.97 Å². The first-order valence-electron chi connectivity index (χ1n) is 4.72. The average molecular weight is 208 g/mol. The number of ether oxygens (including phenoxy) is 1. The summed E-state index contributed by atoms with van der Waals surface area (Å²) in [4.78, 5) is 21.1. The summed E-state index contributed by atoms with van der Waals surface area (Å²) in [5, 5.41) is 0. The maximum absolute atomic E-state index is 11.1. The van der Waals surface area contributed by atoms with E-state index in [1.807, 2.05) is 4.90 Å². The number of nitrogens with zero attached hydrogens (tertiary/aromatic N) is 3. The lowest BCUT2D eigenvalue weighted by Crippen LogP contribution is -2.38. The zero-order valence-corrected chi connectivity index (χ0v) is 8.22. The second kappa shape index (κ2) is 4.22. The predicted molar refractivity (Wildman–Crippen MR) is 53.6 cm³/mol. The molecule has 80 valence electrons. The Morgan fingerprint density at radius 3 is 2.67 bits per heavy atom. The molecule has 1 fully saturated rings. The molecule has 1 saturated heterocycles. The highest BCUT2D eigenvalue weighted by molar-refractivity contribution is 5.95. The van der Waals surface area contributed by atoms with Gasteiger partial charge in [0.05, 0.1) is 13.2 Å². The minimum atomic E-state index is -0.551. The van der Waals surface area contributed by atoms with Crippen LogP contribution >= 0.6 is 0 Å². The lowest BCUT2D eigenvalue weighted by molar-refractivity contribution is 0.0993. The summed E-state index contributed by atoms with van der Waals surface area (Å²) in [5.74, 6) is -0.00195. The molecule has 0 unspecified atom stereocenters. The van der Waals surface area contributed by atoms with E-state index in [1.54, 1.807) is 6.20 Å². The lowest BCUT2D eigenvalue weighted by atomic mass is 10.3. The van der Waals surface area contributed by atoms with Crippen LogP contribution in [0.3, 0.4) is 0 Å². The molecule has 2 heterocycles. The van der Waals surface area contributed by atoms with Gasteiger partial charge in [-0.2, -0.15) is 0 Å². The summed E-state index contributed by atoms with van der Waals surface area (Å²) in [7, 11) is 0. The Balaban J connectivity index is 2.29. The highest BCUT2D eigenvalue weighted by atomic mass is 16.5. The van der Waals surface area contributed by atoms with Crippen LogP contribution in [0.2, 0.25) is 0 Å². The third-order valence-electron chi connectivity index (χ3n) is 2.22. The number of morpholine rings is 1. The number of carbonyl (C=O) groups excluding carboxylic acids is 1. The first-order chi connectivity index (χ1) is 7.29. The van der Waals surface area contributed by atoms with Gasteiger partial charge in [0, 0.05) is 25.5 Å². The maximum atomic E-state index is 11.1. The van der Waals surface area contributed by atoms with Crippen LogP contribution in [0.15, 0.2) is 12.4 Å². The molecule has 6 nitrogen and oxygen atoms in total. The normalized spacial score (nSPS) is 16.4. The van der Waals surface area contributed by atoms with Crippen molar-refractivity contribution in [3.05, 3.63) is 18.1 Å². The first-order valence-corrected chi connectivity index (χ1v) is 4.72. The lowest BCUT2D eigenvalue weighted by Gasteiger charge is -2.28. The largest absolute Gasteiger partial charge is 0.378 e. The van der Waals surface area contributed by atoms with Gasteiger partial charge >= 0.3 is 0 Å². The summed E-state index contributed by atoms with van der Waals surface area (Å²) in [6.45, 7) is 2.68. The fourth-order valence-electron chi connectivity index (χ4n) is 1.51. The van der Waals surface area contributed by atoms with Gasteiger partial charge in [0.2, 0.25) is 0 Å². The van der Waals surface area contributed by atoms with Crippen LogP contribution in [-0.4, -0.2) is 42.2 Å². The van der Waals surface area contributed by atoms with Gasteiger partial charge < -0.3 is 15.4 Å². The Morgan fingerprint density at radius 2 is 2.00 bits per heavy atom. The van der Waals surface area contributed by atoms with Crippen molar-refractivity contribution < 1.29 is 9.53 Å². The van der Waals surface area contributed by atoms with Crippen molar-refractivity contribution >= 4 is 11.7 Å². The van der Waals surface area contributed by atoms with E-state index in [1.165, 1.54) is 6.20 Å². The standard InChI is InChI=1S/C9H12N4O2/c10-8(14)7-9(12-2-1-11-7)13-3-5-15-6-4-13/h1-2H,3-6H2,(H2,10,14). The number of aromatic nitrogens is 2. The molecule has 1 aromatic rings. The molecule has 0 aliphatic carbocycles. The second-order valence-electron chi connectivity index (χ2n) is 3.19. The van der Waals surface area contributed by atoms with Gasteiger partial charge in [0.1, 0.15) is 0 Å². The van der Waals surface area contributed by atoms with E-state index < -0.39 is 5.91 Å². The van der Waals surface area contributed by atoms with Crippen molar-refractivity contribution in [3.63, 3.8) is 0 Å². The summed E-state index contributed by atoms with van der Waals surface area (Å²) in [5.41, 5.74) is 5.44. The Bertz CT molecular complexity index is 363. The van der Waals surface area contributed by atoms with Crippen molar-refractivity contribution in [1.29, 1.82) is 0 Å². The zero-order chi connectivity index (χ0) is 10.7. The van der Waals surface area contributed by atoms with Crippen LogP contribution in [0, 0.1) is 0 Å². The monoisotopic (exact) mass is 208 g/mol. The van der Waals surface area contributed by atoms with Crippen LogP contribution < -0.4 is 10.6 Å². The fourth-order valence-corrected chi connectivity index (χ4v) is 1.51. The number of carbonyl (C=O) groups is 1. The molecule has 1 aliphatic heterocycles. The van der Waals surface area contributed by atoms with E-state index in [4.69, 9.17) is 10.5 Å². The van der Waals surface area contributed by atoms with E-state index in [-0.39, 0.29) is 5.69 Å². The minimum Gasteiger partial charge on any atom is -0.378 e. The molecule has 1 amide bonds. The number of nitrogens with two attached hydrogens (primary N) is 1. The topological polar surface area (TPSA) is 81.3 Å². The molecule has 2 rings (SSSR count). The molecule has 15 heavy (non-hydrogen) atoms. The zero-order valence-electron chi connectivity index (χ0n) is 8.22. The maximum Gasteiger partial charge on any atom is 0.271 e. The smallest absolute Gasteiger partial charge is 0.271 e. The molecule has 6 heteroatoms. The average Bonchev–Trinajstić information content (AvgIpc) is 2.30. The molecule has 0 radical (unpaired) electrons. The van der Waals surface area contributed by atoms with Gasteiger partial charge in [0.25, 0.3) is 5.91 Å². The number of hydrogen-bond acceptors (Lipinski definition) is 5. The second-order valence-corrected chi connectivity index (χ2v) is 3.19. The van der Waals surface area contributed by atoms with Crippen molar-refractivity contribution in [2.24, 2.45) is 5.73 Å². The third kappa shape index (κ3) is 2.04. The van der Waals surface area contributed by atoms with Crippen LogP contribution in [0.4, 0.5) is 5.82 Å². The highest BCUT2D eigenvalue weighted by Gasteiger charge is 2.19. The predicted octanol–water partition coefficient (Wildman–Crippen LogP) is -0.588. The molecule has 0 saturated carbocycles. The molecule has 0 aromatic carbocycles. The highest BCUT2D eigenvalue weighted by Crippen LogP contribution is 2.15. The van der Waals surface area contributed by atoms with Gasteiger partial charge in [0.15, 0.2) is 11.5 Å². The number of anilines is 1. The summed E-state index contributed by atoms with van der Waals surface area (Å²) in [6.07, 6.45) is 3.02. The Kier molecular flexibility index (Phi) is 2.77. The molecule has 2 N–H and O–H groups in total. The van der Waals surface area contributed by atoms with Crippen molar-refractivity contribution in [3.8, 4) is 0 Å². The van der Waals surface area contributed by atoms with Crippen molar-refractivity contribution in [1.82, 2.24) is 9.97 Å². The van der Waals surface area contributed by atoms with E-state index >= 15 is 0 Å². The molecule has 0 spiro atoms. The van der Waals surface area contributed by atoms with Crippen LogP contribution in [0.5, 0.6) is 0 Å². The van der Waals surface area contributed by atoms with Crippen LogP contribution in [0.25, 0.3) is 0 Å². The summed E-state index contributed by atoms with van der Waals surface area (Å²) in [6, 6.07) is 0. The van der Waals surface area contributed by atoms with Gasteiger partial charge in [-0.25, -0.2) is 9.97 Å². The SMILES string of the molecule is NC(=O)c1nccnc1N1CCOCC1. The van der Waals surface area contributed by atoms with Gasteiger partial charge in [-0.1, -0.05) is 0 Å². The van der Waals surface area contributed by atoms with Gasteiger partial charge in [-0.05, 0) is 0 Å². The Morgan fingerprint density at radius 1 is 1.33 bits per heavy atom. The van der Waals surface area contributed by atoms with Crippen LogP contribution in [0.1, 0.15) is 10.5 Å². The number of primary amides is 1. The Labute approximate surface area is 87.1 Å². The molecule has 0 bridgehead atoms. The Hall–Kier alpha value is -1.69. The first kappa shape index (κ1) is 9.85. The number of amides is 1. The van der Waals surface area contributed by atoms with E-state index in [0.29, 0.717) is 32.1 Å². The molecular weight excluding hydrogens is 196 g/mol. The summed E-state index contributed by atoms with van der Waals surface area (Å²) >= 11 is 0. The molecule has 1 aliphatic rings. The van der Waals surface area contributed by atoms with E-state index in [9.17, 15) is 4.79 Å². The molecule has 1 aromatic heterocycles. The van der Waals surface area contributed by atoms with Crippen molar-refractivity contribution in [2.75, 3.05) is 31.2 Å². The van der Waals surface area contributed by atoms with Crippen molar-refractivity contribution in [2.45, 2.75) is 0 Å². The number of hydrogen-bond donors (Lipinski definition) is 1. The van der Waals surface area contributed by atoms with Crippen LogP contribution in [-0.2, 0) is 4.74 Å². The van der Waals surface area contributed by atoms with E-state index in [0.717, 1.165) is 0 Å². The molecular formula is C9H12N4O2. The minimum absolute atomic E-state index is 0.222. The van der Waals surface area contributed by atoms with Gasteiger partial charge in [-0.3, -0.25) is 4.79 Å². The quantitative estimate of drug-likeness (QED) is 0.702. The number of rotatable bonds is 2. The summed E-state index contributed by atoms with van der Waals surface area (Å²) < 4.78 is 5.22. The molecule has 0 atom stereocenters. The fraction of sp³-hybridized carbons (Fsp3) is 0.444.